The zero-order chi connectivity index (χ0) is 11.1. The van der Waals surface area contributed by atoms with Crippen LogP contribution in [0.3, 0.4) is 0 Å². The predicted octanol–water partition coefficient (Wildman–Crippen LogP) is 0.157. The van der Waals surface area contributed by atoms with E-state index in [-0.39, 0.29) is 6.10 Å². The Kier molecular flexibility index (Phi) is 5.86. The first-order chi connectivity index (χ1) is 7.27. The van der Waals surface area contributed by atoms with E-state index in [1.165, 1.54) is 11.1 Å². The molecule has 1 unspecified atom stereocenters. The van der Waals surface area contributed by atoms with E-state index in [2.05, 4.69) is 17.6 Å². The van der Waals surface area contributed by atoms with E-state index in [1.54, 1.807) is 14.2 Å². The third kappa shape index (κ3) is 4.30. The molecule has 0 aromatic heterocycles. The molecule has 1 heterocycles. The molecular weight excluding hydrogens is 192 g/mol. The Labute approximate surface area is 92.0 Å². The quantitative estimate of drug-likeness (QED) is 0.592. The molecule has 0 amide bonds. The summed E-state index contributed by atoms with van der Waals surface area (Å²) in [4.78, 5) is 0. The summed E-state index contributed by atoms with van der Waals surface area (Å²) < 4.78 is 10.3. The van der Waals surface area contributed by atoms with Crippen LogP contribution in [0.4, 0.5) is 0 Å². The van der Waals surface area contributed by atoms with E-state index in [4.69, 9.17) is 9.47 Å². The Hall–Kier alpha value is -0.420. The van der Waals surface area contributed by atoms with Gasteiger partial charge in [-0.3, -0.25) is 0 Å². The van der Waals surface area contributed by atoms with Crippen molar-refractivity contribution < 1.29 is 9.47 Å². The second-order valence-corrected chi connectivity index (χ2v) is 3.93. The summed E-state index contributed by atoms with van der Waals surface area (Å²) in [5, 5.41) is 6.62. The molecule has 0 radical (unpaired) electrons. The van der Waals surface area contributed by atoms with Gasteiger partial charge in [0.05, 0.1) is 12.7 Å². The molecule has 1 saturated heterocycles. The van der Waals surface area contributed by atoms with Crippen molar-refractivity contribution in [3.05, 3.63) is 11.1 Å². The zero-order valence-corrected chi connectivity index (χ0v) is 9.93. The summed E-state index contributed by atoms with van der Waals surface area (Å²) in [5.41, 5.74) is 2.98. The molecule has 88 valence electrons. The van der Waals surface area contributed by atoms with Crippen molar-refractivity contribution in [3.8, 4) is 0 Å². The maximum absolute atomic E-state index is 5.26. The highest BCUT2D eigenvalue weighted by atomic mass is 16.5. The standard InChI is InChI=1S/C11H22N2O2/c1-9(10-5-13-6-10)4-12-7-11(15-3)8-14-2/h11-13H,4-8H2,1-3H3. The minimum absolute atomic E-state index is 0.146. The second-order valence-electron chi connectivity index (χ2n) is 3.93. The van der Waals surface area contributed by atoms with Gasteiger partial charge in [0.25, 0.3) is 0 Å². The fourth-order valence-electron chi connectivity index (χ4n) is 1.49. The maximum atomic E-state index is 5.26. The lowest BCUT2D eigenvalue weighted by molar-refractivity contribution is 0.0294. The molecule has 0 aliphatic carbocycles. The molecule has 0 spiro atoms. The summed E-state index contributed by atoms with van der Waals surface area (Å²) in [5.74, 6) is 0. The molecule has 4 nitrogen and oxygen atoms in total. The zero-order valence-electron chi connectivity index (χ0n) is 9.93. The normalized spacial score (nSPS) is 17.4. The van der Waals surface area contributed by atoms with Gasteiger partial charge in [-0.05, 0) is 12.5 Å². The van der Waals surface area contributed by atoms with Gasteiger partial charge in [0, 0.05) is 40.4 Å². The number of rotatable bonds is 7. The first-order valence-electron chi connectivity index (χ1n) is 5.38. The highest BCUT2D eigenvalue weighted by molar-refractivity contribution is 5.22. The Bertz CT molecular complexity index is 211. The van der Waals surface area contributed by atoms with Gasteiger partial charge < -0.3 is 20.1 Å². The van der Waals surface area contributed by atoms with Gasteiger partial charge in [0.15, 0.2) is 0 Å². The van der Waals surface area contributed by atoms with E-state index < -0.39 is 0 Å². The predicted molar refractivity (Wildman–Crippen MR) is 61.1 cm³/mol. The van der Waals surface area contributed by atoms with Gasteiger partial charge in [0.2, 0.25) is 0 Å². The monoisotopic (exact) mass is 214 g/mol. The molecule has 0 bridgehead atoms. The van der Waals surface area contributed by atoms with E-state index in [9.17, 15) is 0 Å². The third-order valence-electron chi connectivity index (χ3n) is 2.73. The molecule has 2 N–H and O–H groups in total. The second kappa shape index (κ2) is 6.95. The molecule has 1 fully saturated rings. The smallest absolute Gasteiger partial charge is 0.0928 e. The van der Waals surface area contributed by atoms with E-state index in [0.29, 0.717) is 6.61 Å². The topological polar surface area (TPSA) is 42.5 Å². The maximum Gasteiger partial charge on any atom is 0.0928 e. The average Bonchev–Trinajstić information content (AvgIpc) is 2.13. The molecule has 0 saturated carbocycles. The highest BCUT2D eigenvalue weighted by Crippen LogP contribution is 2.07. The van der Waals surface area contributed by atoms with Crippen LogP contribution in [-0.4, -0.2) is 53.1 Å². The lowest BCUT2D eigenvalue weighted by atomic mass is 10.0. The van der Waals surface area contributed by atoms with Gasteiger partial charge in [-0.15, -0.1) is 0 Å². The summed E-state index contributed by atoms with van der Waals surface area (Å²) >= 11 is 0. The number of nitrogens with one attached hydrogen (secondary N) is 2. The molecule has 1 aliphatic rings. The Morgan fingerprint density at radius 1 is 1.47 bits per heavy atom. The largest absolute Gasteiger partial charge is 0.382 e. The minimum Gasteiger partial charge on any atom is -0.382 e. The van der Waals surface area contributed by atoms with Crippen molar-refractivity contribution in [2.24, 2.45) is 0 Å². The Morgan fingerprint density at radius 3 is 2.67 bits per heavy atom. The number of hydrogen-bond donors (Lipinski definition) is 2. The number of methoxy groups -OCH3 is 2. The van der Waals surface area contributed by atoms with Crippen molar-refractivity contribution in [1.82, 2.24) is 10.6 Å². The highest BCUT2D eigenvalue weighted by Gasteiger charge is 2.11. The fraction of sp³-hybridized carbons (Fsp3) is 0.818. The first kappa shape index (κ1) is 12.6. The Balaban J connectivity index is 2.14. The summed E-state index contributed by atoms with van der Waals surface area (Å²) in [6, 6.07) is 0. The van der Waals surface area contributed by atoms with E-state index in [0.717, 1.165) is 26.2 Å². The van der Waals surface area contributed by atoms with Crippen molar-refractivity contribution in [1.29, 1.82) is 0 Å². The van der Waals surface area contributed by atoms with Crippen molar-refractivity contribution in [2.75, 3.05) is 47.0 Å². The van der Waals surface area contributed by atoms with Crippen LogP contribution >= 0.6 is 0 Å². The molecule has 1 atom stereocenters. The summed E-state index contributed by atoms with van der Waals surface area (Å²) in [6.07, 6.45) is 0.146. The van der Waals surface area contributed by atoms with E-state index >= 15 is 0 Å². The minimum atomic E-state index is 0.146. The van der Waals surface area contributed by atoms with Crippen LogP contribution in [0, 0.1) is 0 Å². The lowest BCUT2D eigenvalue weighted by Gasteiger charge is -2.23. The van der Waals surface area contributed by atoms with Crippen LogP contribution < -0.4 is 10.6 Å². The lowest BCUT2D eigenvalue weighted by Crippen LogP contribution is -2.37. The molecule has 0 aromatic rings. The molecule has 15 heavy (non-hydrogen) atoms. The van der Waals surface area contributed by atoms with Gasteiger partial charge in [-0.25, -0.2) is 0 Å². The number of hydrogen-bond acceptors (Lipinski definition) is 4. The van der Waals surface area contributed by atoms with Crippen molar-refractivity contribution in [2.45, 2.75) is 13.0 Å². The van der Waals surface area contributed by atoms with Crippen LogP contribution in [0.2, 0.25) is 0 Å². The molecule has 1 aliphatic heterocycles. The first-order valence-corrected chi connectivity index (χ1v) is 5.38. The molecule has 0 aromatic carbocycles. The van der Waals surface area contributed by atoms with E-state index in [1.807, 2.05) is 0 Å². The fourth-order valence-corrected chi connectivity index (χ4v) is 1.49. The van der Waals surface area contributed by atoms with Crippen LogP contribution in [0.25, 0.3) is 0 Å². The van der Waals surface area contributed by atoms with Crippen LogP contribution in [0.5, 0.6) is 0 Å². The molecular formula is C11H22N2O2. The van der Waals surface area contributed by atoms with Gasteiger partial charge in [-0.2, -0.15) is 0 Å². The summed E-state index contributed by atoms with van der Waals surface area (Å²) in [6.45, 7) is 6.71. The average molecular weight is 214 g/mol. The summed E-state index contributed by atoms with van der Waals surface area (Å²) in [7, 11) is 3.41. The van der Waals surface area contributed by atoms with Crippen LogP contribution in [0.15, 0.2) is 11.1 Å². The van der Waals surface area contributed by atoms with Gasteiger partial charge in [-0.1, -0.05) is 5.57 Å². The van der Waals surface area contributed by atoms with Crippen molar-refractivity contribution >= 4 is 0 Å². The van der Waals surface area contributed by atoms with Gasteiger partial charge >= 0.3 is 0 Å². The SMILES string of the molecule is COCC(CNCC(C)=C1CNC1)OC. The van der Waals surface area contributed by atoms with Crippen LogP contribution in [-0.2, 0) is 9.47 Å². The molecule has 4 heteroatoms. The van der Waals surface area contributed by atoms with Crippen molar-refractivity contribution in [3.63, 3.8) is 0 Å². The Morgan fingerprint density at radius 2 is 2.20 bits per heavy atom. The van der Waals surface area contributed by atoms with Crippen LogP contribution in [0.1, 0.15) is 6.92 Å². The number of ether oxygens (including phenoxy) is 2. The van der Waals surface area contributed by atoms with Gasteiger partial charge in [0.1, 0.15) is 0 Å². The third-order valence-corrected chi connectivity index (χ3v) is 2.73. The molecule has 1 rings (SSSR count).